The van der Waals surface area contributed by atoms with E-state index in [0.29, 0.717) is 24.4 Å². The van der Waals surface area contributed by atoms with Crippen LogP contribution >= 0.6 is 0 Å². The average Bonchev–Trinajstić information content (AvgIpc) is 3.70. The molecule has 2 atom stereocenters. The van der Waals surface area contributed by atoms with E-state index in [1.807, 2.05) is 6.92 Å². The number of hydrogen-bond donors (Lipinski definition) is 2. The molecule has 5 rings (SSSR count). The third-order valence-corrected chi connectivity index (χ3v) is 7.36. The Balaban J connectivity index is 1.75. The fourth-order valence-electron chi connectivity index (χ4n) is 5.14. The first-order chi connectivity index (χ1) is 17.7. The molecule has 2 N–H and O–H groups in total. The number of carbonyl (C=O) groups is 1. The number of benzene rings is 1. The fourth-order valence-corrected chi connectivity index (χ4v) is 5.14. The summed E-state index contributed by atoms with van der Waals surface area (Å²) in [6.45, 7) is 3.58. The minimum Gasteiger partial charge on any atom is -0.394 e. The number of aryl methyl sites for hydroxylation is 1. The summed E-state index contributed by atoms with van der Waals surface area (Å²) in [5.74, 6) is -3.16. The van der Waals surface area contributed by atoms with E-state index in [1.54, 1.807) is 4.90 Å². The van der Waals surface area contributed by atoms with Crippen LogP contribution in [0.5, 0.6) is 0 Å². The second-order valence-electron chi connectivity index (χ2n) is 10.1. The zero-order valence-corrected chi connectivity index (χ0v) is 20.7. The Kier molecular flexibility index (Phi) is 6.70. The number of anilines is 1. The predicted molar refractivity (Wildman–Crippen MR) is 134 cm³/mol. The summed E-state index contributed by atoms with van der Waals surface area (Å²) >= 11 is 0. The number of carbonyl (C=O) groups excluding carboxylic acids is 1. The number of aliphatic hydroxyl groups excluding tert-OH is 1. The van der Waals surface area contributed by atoms with Crippen LogP contribution in [0.3, 0.4) is 0 Å². The fraction of sp³-hybridized carbons (Fsp3) is 0.444. The first-order valence-electron chi connectivity index (χ1n) is 12.6. The molecule has 7 nitrogen and oxygen atoms in total. The van der Waals surface area contributed by atoms with Gasteiger partial charge in [0.25, 0.3) is 5.91 Å². The van der Waals surface area contributed by atoms with Crippen LogP contribution in [0.2, 0.25) is 0 Å². The van der Waals surface area contributed by atoms with Crippen molar-refractivity contribution in [2.45, 2.75) is 58.0 Å². The van der Waals surface area contributed by atoms with Gasteiger partial charge in [-0.25, -0.2) is 18.2 Å². The average molecular weight is 515 g/mol. The van der Waals surface area contributed by atoms with Crippen molar-refractivity contribution < 1.29 is 23.1 Å². The molecule has 1 saturated carbocycles. The monoisotopic (exact) mass is 514 g/mol. The standard InChI is InChI=1S/C27H29F3N4O3/c1-14-9-20(28)23(21(29)10-14)34-12-19(27(37)31-15(2)16-6-7-16)24(36)18-11-22(30)26(32-25(18)34)33-8-4-3-5-17(33)13-35/h9-12,15-17,35H,3-8,13H2,1-2H3,(H,31,37)/t15-,17?/m1/s1. The molecule has 1 unspecified atom stereocenters. The zero-order valence-electron chi connectivity index (χ0n) is 20.7. The van der Waals surface area contributed by atoms with Crippen molar-refractivity contribution in [1.29, 1.82) is 0 Å². The highest BCUT2D eigenvalue weighted by molar-refractivity contribution is 5.97. The smallest absolute Gasteiger partial charge is 0.257 e. The molecule has 1 saturated heterocycles. The van der Waals surface area contributed by atoms with Crippen LogP contribution in [-0.2, 0) is 0 Å². The molecule has 1 aliphatic heterocycles. The Bertz CT molecular complexity index is 1410. The molecule has 2 aliphatic rings. The Labute approximate surface area is 211 Å². The number of amides is 1. The predicted octanol–water partition coefficient (Wildman–Crippen LogP) is 3.99. The molecular formula is C27H29F3N4O3. The number of pyridine rings is 2. The van der Waals surface area contributed by atoms with E-state index in [4.69, 9.17) is 0 Å². The molecule has 37 heavy (non-hydrogen) atoms. The number of halogens is 3. The number of nitrogens with zero attached hydrogens (tertiary/aromatic N) is 3. The highest BCUT2D eigenvalue weighted by Gasteiger charge is 2.31. The second kappa shape index (κ2) is 9.81. The summed E-state index contributed by atoms with van der Waals surface area (Å²) in [7, 11) is 0. The van der Waals surface area contributed by atoms with Gasteiger partial charge in [-0.3, -0.25) is 14.2 Å². The number of fused-ring (bicyclic) bond motifs is 1. The van der Waals surface area contributed by atoms with Crippen LogP contribution < -0.4 is 15.6 Å². The molecule has 1 aliphatic carbocycles. The van der Waals surface area contributed by atoms with Crippen LogP contribution in [0.15, 0.2) is 29.2 Å². The maximum absolute atomic E-state index is 15.4. The molecular weight excluding hydrogens is 485 g/mol. The van der Waals surface area contributed by atoms with Crippen molar-refractivity contribution >= 4 is 22.8 Å². The van der Waals surface area contributed by atoms with Gasteiger partial charge < -0.3 is 15.3 Å². The van der Waals surface area contributed by atoms with Crippen molar-refractivity contribution in [1.82, 2.24) is 14.9 Å². The molecule has 3 heterocycles. The van der Waals surface area contributed by atoms with Crippen molar-refractivity contribution in [3.05, 3.63) is 63.2 Å². The number of piperidine rings is 1. The van der Waals surface area contributed by atoms with Gasteiger partial charge in [-0.15, -0.1) is 0 Å². The zero-order chi connectivity index (χ0) is 26.4. The van der Waals surface area contributed by atoms with Gasteiger partial charge in [-0.05, 0) is 75.6 Å². The number of aliphatic hydroxyl groups is 1. The minimum absolute atomic E-state index is 0.119. The summed E-state index contributed by atoms with van der Waals surface area (Å²) in [5, 5.41) is 12.3. The number of nitrogens with one attached hydrogen (secondary N) is 1. The highest BCUT2D eigenvalue weighted by atomic mass is 19.1. The quantitative estimate of drug-likeness (QED) is 0.520. The van der Waals surface area contributed by atoms with E-state index in [2.05, 4.69) is 10.3 Å². The lowest BCUT2D eigenvalue weighted by Crippen LogP contribution is -2.43. The first kappa shape index (κ1) is 25.3. The molecule has 0 bridgehead atoms. The van der Waals surface area contributed by atoms with Gasteiger partial charge in [0.15, 0.2) is 28.9 Å². The van der Waals surface area contributed by atoms with Crippen molar-refractivity contribution in [2.24, 2.45) is 5.92 Å². The van der Waals surface area contributed by atoms with E-state index in [9.17, 15) is 14.7 Å². The molecule has 2 fully saturated rings. The highest BCUT2D eigenvalue weighted by Crippen LogP contribution is 2.33. The van der Waals surface area contributed by atoms with Gasteiger partial charge in [-0.2, -0.15) is 0 Å². The maximum atomic E-state index is 15.4. The molecule has 0 radical (unpaired) electrons. The molecule has 10 heteroatoms. The van der Waals surface area contributed by atoms with Gasteiger partial charge in [0.2, 0.25) is 5.43 Å². The number of aromatic nitrogens is 2. The van der Waals surface area contributed by atoms with Crippen LogP contribution in [0.25, 0.3) is 16.7 Å². The van der Waals surface area contributed by atoms with E-state index in [-0.39, 0.29) is 41.1 Å². The largest absolute Gasteiger partial charge is 0.394 e. The molecule has 0 spiro atoms. The van der Waals surface area contributed by atoms with Crippen LogP contribution in [0.4, 0.5) is 19.0 Å². The molecule has 1 amide bonds. The molecule has 196 valence electrons. The van der Waals surface area contributed by atoms with Crippen molar-refractivity contribution in [3.63, 3.8) is 0 Å². The summed E-state index contributed by atoms with van der Waals surface area (Å²) in [5.41, 5.74) is -1.51. The Morgan fingerprint density at radius 1 is 1.14 bits per heavy atom. The van der Waals surface area contributed by atoms with E-state index < -0.39 is 34.5 Å². The number of hydrogen-bond acceptors (Lipinski definition) is 5. The van der Waals surface area contributed by atoms with Gasteiger partial charge in [0.05, 0.1) is 18.0 Å². The lowest BCUT2D eigenvalue weighted by Gasteiger charge is -2.35. The third-order valence-electron chi connectivity index (χ3n) is 7.36. The summed E-state index contributed by atoms with van der Waals surface area (Å²) in [4.78, 5) is 32.5. The van der Waals surface area contributed by atoms with Crippen LogP contribution in [-0.4, -0.2) is 45.8 Å². The third kappa shape index (κ3) is 4.70. The van der Waals surface area contributed by atoms with Gasteiger partial charge in [-0.1, -0.05) is 0 Å². The topological polar surface area (TPSA) is 87.5 Å². The first-order valence-corrected chi connectivity index (χ1v) is 12.6. The summed E-state index contributed by atoms with van der Waals surface area (Å²) < 4.78 is 46.7. The van der Waals surface area contributed by atoms with E-state index in [1.165, 1.54) is 6.92 Å². The summed E-state index contributed by atoms with van der Waals surface area (Å²) in [6.07, 6.45) is 5.24. The van der Waals surface area contributed by atoms with E-state index >= 15 is 13.2 Å². The second-order valence-corrected chi connectivity index (χ2v) is 10.1. The van der Waals surface area contributed by atoms with E-state index in [0.717, 1.165) is 54.6 Å². The van der Waals surface area contributed by atoms with Gasteiger partial charge >= 0.3 is 0 Å². The van der Waals surface area contributed by atoms with Crippen LogP contribution in [0.1, 0.15) is 54.9 Å². The normalized spacial score (nSPS) is 18.8. The van der Waals surface area contributed by atoms with Crippen molar-refractivity contribution in [2.75, 3.05) is 18.1 Å². The Hall–Kier alpha value is -3.40. The number of rotatable bonds is 6. The molecule has 3 aromatic rings. The Morgan fingerprint density at radius 3 is 2.49 bits per heavy atom. The molecule has 1 aromatic carbocycles. The minimum atomic E-state index is -0.918. The lowest BCUT2D eigenvalue weighted by atomic mass is 10.0. The summed E-state index contributed by atoms with van der Waals surface area (Å²) in [6, 6.07) is 2.67. The van der Waals surface area contributed by atoms with Gasteiger partial charge in [0, 0.05) is 18.8 Å². The van der Waals surface area contributed by atoms with Crippen LogP contribution in [0, 0.1) is 30.3 Å². The lowest BCUT2D eigenvalue weighted by molar-refractivity contribution is 0.0934. The SMILES string of the molecule is Cc1cc(F)c(-n2cc(C(=O)N[C@H](C)C3CC3)c(=O)c3cc(F)c(N4CCCCC4CO)nc32)c(F)c1. The maximum Gasteiger partial charge on any atom is 0.257 e. The van der Waals surface area contributed by atoms with Crippen molar-refractivity contribution in [3.8, 4) is 5.69 Å². The van der Waals surface area contributed by atoms with Gasteiger partial charge in [0.1, 0.15) is 11.3 Å². The Morgan fingerprint density at radius 2 is 1.84 bits per heavy atom. The molecule has 2 aromatic heterocycles.